The van der Waals surface area contributed by atoms with Crippen LogP contribution in [0.25, 0.3) is 5.57 Å². The summed E-state index contributed by atoms with van der Waals surface area (Å²) in [5.41, 5.74) is 3.79. The lowest BCUT2D eigenvalue weighted by Gasteiger charge is -2.25. The van der Waals surface area contributed by atoms with Crippen LogP contribution in [0.15, 0.2) is 24.0 Å². The minimum Gasteiger partial charge on any atom is -0.430 e. The van der Waals surface area contributed by atoms with E-state index >= 15 is 0 Å². The lowest BCUT2D eigenvalue weighted by molar-refractivity contribution is -0.138. The monoisotopic (exact) mass is 298 g/mol. The van der Waals surface area contributed by atoms with Gasteiger partial charge in [-0.25, -0.2) is 0 Å². The van der Waals surface area contributed by atoms with E-state index in [0.29, 0.717) is 11.3 Å². The van der Waals surface area contributed by atoms with E-state index in [2.05, 4.69) is 6.07 Å². The number of rotatable bonds is 2. The number of allylic oxidation sites excluding steroid dienone is 2. The van der Waals surface area contributed by atoms with Gasteiger partial charge in [-0.1, -0.05) is 36.6 Å². The molecule has 0 amide bonds. The first-order valence-electron chi connectivity index (χ1n) is 8.03. The lowest BCUT2D eigenvalue weighted by atomic mass is 9.80. The first-order valence-corrected chi connectivity index (χ1v) is 8.03. The molecule has 2 atom stereocenters. The van der Waals surface area contributed by atoms with Crippen molar-refractivity contribution in [1.29, 1.82) is 0 Å². The zero-order valence-electron chi connectivity index (χ0n) is 13.4. The minimum absolute atomic E-state index is 0.00111. The van der Waals surface area contributed by atoms with Gasteiger partial charge in [0.15, 0.2) is 5.78 Å². The number of carbonyl (C=O) groups is 2. The molecule has 116 valence electrons. The van der Waals surface area contributed by atoms with Crippen molar-refractivity contribution >= 4 is 17.3 Å². The number of benzene rings is 1. The van der Waals surface area contributed by atoms with E-state index in [1.54, 1.807) is 0 Å². The Balaban J connectivity index is 2.13. The molecule has 0 bridgehead atoms. The molecule has 0 heterocycles. The Morgan fingerprint density at radius 2 is 1.82 bits per heavy atom. The minimum atomic E-state index is -0.337. The zero-order chi connectivity index (χ0) is 15.9. The van der Waals surface area contributed by atoms with Crippen molar-refractivity contribution < 1.29 is 14.3 Å². The number of hydrogen-bond donors (Lipinski definition) is 0. The summed E-state index contributed by atoms with van der Waals surface area (Å²) in [6, 6.07) is 6.07. The van der Waals surface area contributed by atoms with E-state index in [9.17, 15) is 9.59 Å². The topological polar surface area (TPSA) is 43.4 Å². The summed E-state index contributed by atoms with van der Waals surface area (Å²) in [6.07, 6.45) is 4.02. The van der Waals surface area contributed by atoms with Gasteiger partial charge in [-0.15, -0.1) is 0 Å². The van der Waals surface area contributed by atoms with Crippen molar-refractivity contribution in [2.24, 2.45) is 11.8 Å². The average molecular weight is 298 g/mol. The van der Waals surface area contributed by atoms with Crippen molar-refractivity contribution in [3.8, 4) is 0 Å². The Bertz CT molecular complexity index is 669. The molecule has 3 nitrogen and oxygen atoms in total. The number of esters is 1. The van der Waals surface area contributed by atoms with E-state index in [1.807, 2.05) is 26.0 Å². The third-order valence-corrected chi connectivity index (χ3v) is 4.84. The number of fused-ring (bicyclic) bond motifs is 1. The maximum Gasteiger partial charge on any atom is 0.307 e. The molecule has 2 aliphatic carbocycles. The molecule has 0 N–H and O–H groups in total. The molecule has 0 saturated heterocycles. The van der Waals surface area contributed by atoms with E-state index in [0.717, 1.165) is 36.8 Å². The third kappa shape index (κ3) is 2.49. The van der Waals surface area contributed by atoms with Crippen molar-refractivity contribution in [3.05, 3.63) is 40.6 Å². The van der Waals surface area contributed by atoms with Crippen LogP contribution in [-0.4, -0.2) is 11.8 Å². The fourth-order valence-corrected chi connectivity index (χ4v) is 3.89. The van der Waals surface area contributed by atoms with Crippen molar-refractivity contribution in [1.82, 2.24) is 0 Å². The van der Waals surface area contributed by atoms with Crippen LogP contribution in [0, 0.1) is 25.7 Å². The number of ether oxygens (including phenoxy) is 1. The van der Waals surface area contributed by atoms with Crippen LogP contribution in [0.2, 0.25) is 0 Å². The summed E-state index contributed by atoms with van der Waals surface area (Å²) in [7, 11) is 0. The number of ketones is 1. The molecule has 3 heteroatoms. The molecule has 0 spiro atoms. The maximum atomic E-state index is 12.9. The average Bonchev–Trinajstić information content (AvgIpc) is 2.73. The summed E-state index contributed by atoms with van der Waals surface area (Å²) in [6.45, 7) is 5.46. The molecule has 22 heavy (non-hydrogen) atoms. The van der Waals surface area contributed by atoms with Gasteiger partial charge < -0.3 is 4.74 Å². The molecule has 1 aromatic carbocycles. The maximum absolute atomic E-state index is 12.9. The van der Waals surface area contributed by atoms with Gasteiger partial charge in [0.1, 0.15) is 5.76 Å². The summed E-state index contributed by atoms with van der Waals surface area (Å²) in [5.74, 6) is 0.526. The van der Waals surface area contributed by atoms with Crippen LogP contribution in [-0.2, 0) is 14.3 Å². The highest BCUT2D eigenvalue weighted by atomic mass is 16.5. The van der Waals surface area contributed by atoms with Crippen molar-refractivity contribution in [3.63, 3.8) is 0 Å². The molecule has 2 unspecified atom stereocenters. The largest absolute Gasteiger partial charge is 0.430 e. The van der Waals surface area contributed by atoms with Gasteiger partial charge in [-0.2, -0.15) is 0 Å². The normalized spacial score (nSPS) is 24.4. The summed E-state index contributed by atoms with van der Waals surface area (Å²) in [4.78, 5) is 24.4. The smallest absolute Gasteiger partial charge is 0.307 e. The molecule has 1 fully saturated rings. The third-order valence-electron chi connectivity index (χ3n) is 4.84. The van der Waals surface area contributed by atoms with Gasteiger partial charge in [0.05, 0.1) is 5.57 Å². The highest BCUT2D eigenvalue weighted by molar-refractivity contribution is 6.25. The highest BCUT2D eigenvalue weighted by Gasteiger charge is 2.45. The van der Waals surface area contributed by atoms with Crippen molar-refractivity contribution in [2.45, 2.75) is 46.5 Å². The quantitative estimate of drug-likeness (QED) is 0.776. The fourth-order valence-electron chi connectivity index (χ4n) is 3.89. The van der Waals surface area contributed by atoms with Crippen LogP contribution in [0.4, 0.5) is 0 Å². The van der Waals surface area contributed by atoms with E-state index in [1.165, 1.54) is 12.5 Å². The Labute approximate surface area is 131 Å². The van der Waals surface area contributed by atoms with Gasteiger partial charge in [0, 0.05) is 18.8 Å². The summed E-state index contributed by atoms with van der Waals surface area (Å²) >= 11 is 0. The fraction of sp³-hybridized carbons (Fsp3) is 0.474. The molecular weight excluding hydrogens is 276 g/mol. The molecule has 0 radical (unpaired) electrons. The second-order valence-corrected chi connectivity index (χ2v) is 6.51. The lowest BCUT2D eigenvalue weighted by Crippen LogP contribution is -2.22. The first-order chi connectivity index (χ1) is 10.5. The van der Waals surface area contributed by atoms with Crippen LogP contribution in [0.1, 0.15) is 49.3 Å². The van der Waals surface area contributed by atoms with E-state index < -0.39 is 0 Å². The van der Waals surface area contributed by atoms with Crippen LogP contribution in [0.5, 0.6) is 0 Å². The Hall–Kier alpha value is -1.90. The zero-order valence-corrected chi connectivity index (χ0v) is 13.4. The van der Waals surface area contributed by atoms with Crippen molar-refractivity contribution in [2.75, 3.05) is 0 Å². The Kier molecular flexibility index (Phi) is 3.90. The highest BCUT2D eigenvalue weighted by Crippen LogP contribution is 2.47. The van der Waals surface area contributed by atoms with Gasteiger partial charge in [-0.3, -0.25) is 9.59 Å². The van der Waals surface area contributed by atoms with Crippen LogP contribution >= 0.6 is 0 Å². The van der Waals surface area contributed by atoms with Gasteiger partial charge in [0.2, 0.25) is 0 Å². The van der Waals surface area contributed by atoms with Gasteiger partial charge in [-0.05, 0) is 37.8 Å². The molecule has 0 aliphatic heterocycles. The van der Waals surface area contributed by atoms with Crippen LogP contribution < -0.4 is 0 Å². The molecule has 2 aliphatic rings. The predicted octanol–water partition coefficient (Wildman–Crippen LogP) is 3.97. The second-order valence-electron chi connectivity index (χ2n) is 6.51. The standard InChI is InChI=1S/C19H22O3/c1-11-8-9-14(12(2)10-11)17-18(21)15-6-4-5-7-16(15)19(17)22-13(3)20/h8-10,15-16H,4-7H2,1-3H3. The molecule has 1 saturated carbocycles. The molecule has 3 rings (SSSR count). The van der Waals surface area contributed by atoms with E-state index in [4.69, 9.17) is 4.74 Å². The van der Waals surface area contributed by atoms with Gasteiger partial charge >= 0.3 is 5.97 Å². The number of Topliss-reactive ketones (excluding diaryl/α,β-unsaturated/α-hetero) is 1. The Morgan fingerprint density at radius 3 is 2.45 bits per heavy atom. The summed E-state index contributed by atoms with van der Waals surface area (Å²) in [5, 5.41) is 0. The number of hydrogen-bond acceptors (Lipinski definition) is 3. The second kappa shape index (κ2) is 5.71. The summed E-state index contributed by atoms with van der Waals surface area (Å²) < 4.78 is 5.52. The predicted molar refractivity (Wildman–Crippen MR) is 85.1 cm³/mol. The van der Waals surface area contributed by atoms with Crippen LogP contribution in [0.3, 0.4) is 0 Å². The van der Waals surface area contributed by atoms with E-state index in [-0.39, 0.29) is 23.6 Å². The molecule has 0 aromatic heterocycles. The number of aryl methyl sites for hydroxylation is 2. The van der Waals surface area contributed by atoms with Gasteiger partial charge in [0.25, 0.3) is 0 Å². The number of carbonyl (C=O) groups excluding carboxylic acids is 2. The molecule has 1 aromatic rings. The first kappa shape index (κ1) is 15.0. The molecular formula is C19H22O3. The SMILES string of the molecule is CC(=O)OC1=C(c2ccc(C)cc2C)C(=O)C2CCCCC12. The Morgan fingerprint density at radius 1 is 1.14 bits per heavy atom.